The maximum absolute atomic E-state index is 13.9. The van der Waals surface area contributed by atoms with E-state index < -0.39 is 11.9 Å². The van der Waals surface area contributed by atoms with E-state index in [1.807, 2.05) is 28.0 Å². The number of quaternary nitrogens is 1. The Morgan fingerprint density at radius 3 is 2.44 bits per heavy atom. The van der Waals surface area contributed by atoms with E-state index in [4.69, 9.17) is 9.47 Å². The van der Waals surface area contributed by atoms with Crippen LogP contribution in [0.5, 0.6) is 11.5 Å². The quantitative estimate of drug-likeness (QED) is 0.437. The van der Waals surface area contributed by atoms with Gasteiger partial charge in [-0.05, 0) is 18.2 Å². The molecule has 41 heavy (non-hydrogen) atoms. The number of allylic oxidation sites excluding steroid dienone is 3. The zero-order chi connectivity index (χ0) is 27.4. The number of nitrogens with zero attached hydrogens (tertiary/aromatic N) is 5. The summed E-state index contributed by atoms with van der Waals surface area (Å²) in [6, 6.07) is 4.37. The van der Waals surface area contributed by atoms with Crippen LogP contribution in [0.25, 0.3) is 10.9 Å². The Morgan fingerprint density at radius 2 is 1.80 bits per heavy atom. The maximum Gasteiger partial charge on any atom is 0.433 e. The van der Waals surface area contributed by atoms with Gasteiger partial charge in [0.2, 0.25) is 0 Å². The summed E-state index contributed by atoms with van der Waals surface area (Å²) >= 11 is 1.76. The van der Waals surface area contributed by atoms with Crippen LogP contribution in [-0.2, 0) is 11.0 Å². The molecule has 1 aromatic carbocycles. The van der Waals surface area contributed by atoms with Crippen molar-refractivity contribution < 1.29 is 32.0 Å². The molecule has 14 heteroatoms. The predicted molar refractivity (Wildman–Crippen MR) is 158 cm³/mol. The first-order valence-electron chi connectivity index (χ1n) is 12.7. The third kappa shape index (κ3) is 5.48. The highest BCUT2D eigenvalue weighted by Crippen LogP contribution is 2.42. The number of piperazine rings is 1. The second-order valence-corrected chi connectivity index (χ2v) is 11.0. The molecule has 0 saturated carbocycles. The van der Waals surface area contributed by atoms with Crippen LogP contribution in [0.15, 0.2) is 53.9 Å². The standard InChI is InChI=1S/C27H29F3N5O3S.2ClH/c1-37-20-13-21-22(15-24(27(28,29)30)31-25(21)23(14-20)38-2)32-5-7-34(8-6-32)35-10-3-4-19(35)12-18(16-35)26(36)33-9-11-39-17-33;;/h3-4,10,12-15H,5-9,11,16-17H2,1-2H3;2*1H/q+1;;/t35-;;/m1../s1. The van der Waals surface area contributed by atoms with Gasteiger partial charge in [-0.25, -0.2) is 4.98 Å². The Kier molecular flexibility index (Phi) is 9.10. The molecule has 0 N–H and O–H groups in total. The van der Waals surface area contributed by atoms with E-state index in [1.165, 1.54) is 14.2 Å². The monoisotopic (exact) mass is 632 g/mol. The number of rotatable bonds is 5. The molecule has 0 aliphatic carbocycles. The first-order valence-corrected chi connectivity index (χ1v) is 13.9. The van der Waals surface area contributed by atoms with Crippen molar-refractivity contribution in [2.24, 2.45) is 0 Å². The molecule has 0 spiro atoms. The zero-order valence-corrected chi connectivity index (χ0v) is 25.0. The number of benzene rings is 1. The molecule has 4 aliphatic heterocycles. The minimum absolute atomic E-state index is 0. The molecule has 2 fully saturated rings. The number of alkyl halides is 3. The van der Waals surface area contributed by atoms with E-state index in [1.54, 1.807) is 23.9 Å². The average molecular weight is 634 g/mol. The van der Waals surface area contributed by atoms with Crippen molar-refractivity contribution in [2.75, 3.05) is 70.0 Å². The molecule has 0 unspecified atom stereocenters. The molecule has 5 heterocycles. The van der Waals surface area contributed by atoms with Gasteiger partial charge < -0.3 is 19.3 Å². The van der Waals surface area contributed by atoms with Crippen LogP contribution in [0.1, 0.15) is 5.69 Å². The van der Waals surface area contributed by atoms with E-state index in [9.17, 15) is 18.0 Å². The Labute approximate surface area is 252 Å². The van der Waals surface area contributed by atoms with Crippen molar-refractivity contribution in [1.82, 2.24) is 14.9 Å². The van der Waals surface area contributed by atoms with Crippen molar-refractivity contribution in [2.45, 2.75) is 6.18 Å². The van der Waals surface area contributed by atoms with E-state index in [0.29, 0.717) is 54.1 Å². The topological polar surface area (TPSA) is 58.1 Å². The van der Waals surface area contributed by atoms with Gasteiger partial charge in [0.1, 0.15) is 35.5 Å². The number of ether oxygens (including phenoxy) is 2. The van der Waals surface area contributed by atoms with Crippen LogP contribution in [0.4, 0.5) is 18.9 Å². The Hall–Kier alpha value is -2.64. The van der Waals surface area contributed by atoms with Crippen molar-refractivity contribution in [1.29, 1.82) is 0 Å². The SMILES string of the molecule is COc1cc(OC)c2nc(C(F)(F)F)cc(N3CCN([N@@+]45C=CC=C4C=C(C(=O)N4CCSC4)C5)CC3)c2c1.Cl.Cl. The summed E-state index contributed by atoms with van der Waals surface area (Å²) in [5.41, 5.74) is 1.47. The molecule has 4 aliphatic rings. The van der Waals surface area contributed by atoms with Crippen molar-refractivity contribution >= 4 is 59.1 Å². The number of hydrogen-bond donors (Lipinski definition) is 0. The van der Waals surface area contributed by atoms with E-state index in [2.05, 4.69) is 16.2 Å². The summed E-state index contributed by atoms with van der Waals surface area (Å²) in [6.07, 6.45) is 3.54. The molecule has 6 rings (SSSR count). The Morgan fingerprint density at radius 1 is 1.05 bits per heavy atom. The van der Waals surface area contributed by atoms with Crippen LogP contribution in [0.3, 0.4) is 0 Å². The van der Waals surface area contributed by atoms with E-state index in [0.717, 1.165) is 35.5 Å². The number of anilines is 1. The fourth-order valence-corrected chi connectivity index (χ4v) is 6.72. The molecule has 1 aromatic heterocycles. The minimum Gasteiger partial charge on any atom is -0.497 e. The fourth-order valence-electron chi connectivity index (χ4n) is 5.78. The van der Waals surface area contributed by atoms with Gasteiger partial charge in [-0.1, -0.05) is 0 Å². The highest BCUT2D eigenvalue weighted by Gasteiger charge is 2.48. The highest BCUT2D eigenvalue weighted by atomic mass is 35.5. The number of methoxy groups -OCH3 is 2. The first-order chi connectivity index (χ1) is 18.7. The van der Waals surface area contributed by atoms with Crippen molar-refractivity contribution in [3.8, 4) is 11.5 Å². The number of amides is 1. The van der Waals surface area contributed by atoms with E-state index >= 15 is 0 Å². The van der Waals surface area contributed by atoms with Gasteiger partial charge in [-0.2, -0.15) is 17.8 Å². The summed E-state index contributed by atoms with van der Waals surface area (Å²) in [4.78, 5) is 20.9. The van der Waals surface area contributed by atoms with Gasteiger partial charge in [-0.3, -0.25) is 4.79 Å². The third-order valence-electron chi connectivity index (χ3n) is 7.77. The maximum atomic E-state index is 13.9. The lowest BCUT2D eigenvalue weighted by Gasteiger charge is -2.44. The fraction of sp³-hybridized carbons (Fsp3) is 0.407. The smallest absolute Gasteiger partial charge is 0.433 e. The number of carbonyl (C=O) groups is 1. The lowest BCUT2D eigenvalue weighted by atomic mass is 10.1. The zero-order valence-electron chi connectivity index (χ0n) is 22.5. The van der Waals surface area contributed by atoms with Crippen LogP contribution in [-0.4, -0.2) is 90.5 Å². The van der Waals surface area contributed by atoms with Crippen LogP contribution in [0, 0.1) is 0 Å². The number of aromatic nitrogens is 1. The lowest BCUT2D eigenvalue weighted by molar-refractivity contribution is -0.948. The lowest BCUT2D eigenvalue weighted by Crippen LogP contribution is -2.60. The summed E-state index contributed by atoms with van der Waals surface area (Å²) in [5, 5.41) is 2.83. The van der Waals surface area contributed by atoms with Gasteiger partial charge >= 0.3 is 6.18 Å². The van der Waals surface area contributed by atoms with Crippen molar-refractivity contribution in [3.63, 3.8) is 0 Å². The van der Waals surface area contributed by atoms with Gasteiger partial charge in [0.25, 0.3) is 5.91 Å². The molecule has 222 valence electrons. The molecular formula is C27H31Cl2F3N5O3S+. The van der Waals surface area contributed by atoms with E-state index in [-0.39, 0.29) is 42.0 Å². The number of fused-ring (bicyclic) bond motifs is 2. The predicted octanol–water partition coefficient (Wildman–Crippen LogP) is 4.85. The molecule has 8 nitrogen and oxygen atoms in total. The second-order valence-electron chi connectivity index (χ2n) is 9.88. The minimum atomic E-state index is -4.60. The van der Waals surface area contributed by atoms with Gasteiger partial charge in [-0.15, -0.1) is 41.6 Å². The Balaban J connectivity index is 0.00000194. The first kappa shape index (κ1) is 31.3. The number of hydrogen-bond acceptors (Lipinski definition) is 7. The molecule has 0 radical (unpaired) electrons. The third-order valence-corrected chi connectivity index (χ3v) is 8.74. The molecule has 1 atom stereocenters. The van der Waals surface area contributed by atoms with Crippen molar-refractivity contribution in [3.05, 3.63) is 59.6 Å². The average Bonchev–Trinajstić information content (AvgIpc) is 3.68. The molecule has 0 bridgehead atoms. The van der Waals surface area contributed by atoms with Gasteiger partial charge in [0, 0.05) is 54.7 Å². The highest BCUT2D eigenvalue weighted by molar-refractivity contribution is 7.99. The van der Waals surface area contributed by atoms with Crippen LogP contribution >= 0.6 is 36.6 Å². The van der Waals surface area contributed by atoms with Gasteiger partial charge in [0.15, 0.2) is 5.70 Å². The largest absolute Gasteiger partial charge is 0.497 e. The molecular weight excluding hydrogens is 602 g/mol. The number of thioether (sulfide) groups is 1. The Bertz CT molecular complexity index is 1420. The molecule has 2 saturated heterocycles. The molecule has 1 amide bonds. The summed E-state index contributed by atoms with van der Waals surface area (Å²) in [5.74, 6) is 2.47. The molecule has 2 aromatic rings. The van der Waals surface area contributed by atoms with Crippen LogP contribution < -0.4 is 14.4 Å². The number of pyridine rings is 1. The summed E-state index contributed by atoms with van der Waals surface area (Å²) in [7, 11) is 2.91. The summed E-state index contributed by atoms with van der Waals surface area (Å²) < 4.78 is 52.8. The number of carbonyl (C=O) groups excluding carboxylic acids is 1. The van der Waals surface area contributed by atoms with Crippen LogP contribution in [0.2, 0.25) is 0 Å². The second kappa shape index (κ2) is 11.9. The normalized spacial score (nSPS) is 22.2. The number of halogens is 5. The van der Waals surface area contributed by atoms with Gasteiger partial charge in [0.05, 0.1) is 38.8 Å². The summed E-state index contributed by atoms with van der Waals surface area (Å²) in [6.45, 7) is 3.52.